The molecule has 0 aromatic carbocycles. The summed E-state index contributed by atoms with van der Waals surface area (Å²) >= 11 is 0. The molecule has 0 unspecified atom stereocenters. The van der Waals surface area contributed by atoms with Crippen molar-refractivity contribution in [3.05, 3.63) is 0 Å². The summed E-state index contributed by atoms with van der Waals surface area (Å²) in [5, 5.41) is 6.64. The summed E-state index contributed by atoms with van der Waals surface area (Å²) in [6.45, 7) is 4.00. The van der Waals surface area contributed by atoms with Gasteiger partial charge in [-0.25, -0.2) is 4.79 Å². The molecule has 2 fully saturated rings. The summed E-state index contributed by atoms with van der Waals surface area (Å²) in [5.74, 6) is 0. The van der Waals surface area contributed by atoms with Crippen LogP contribution in [0.5, 0.6) is 0 Å². The molecule has 0 spiro atoms. The molecule has 2 aliphatic rings. The molecule has 0 aromatic rings. The average molecular weight is 226 g/mol. The first-order valence-electron chi connectivity index (χ1n) is 6.28. The van der Waals surface area contributed by atoms with E-state index in [0.29, 0.717) is 12.1 Å². The minimum Gasteiger partial charge on any atom is -0.351 e. The lowest BCUT2D eigenvalue weighted by Gasteiger charge is -2.40. The predicted molar refractivity (Wildman–Crippen MR) is 63.2 cm³/mol. The highest BCUT2D eigenvalue weighted by Crippen LogP contribution is 2.20. The Bertz CT molecular complexity index is 216. The fraction of sp³-hybridized carbons (Fsp3) is 0.909. The molecule has 2 rings (SSSR count). The Morgan fingerprint density at radius 2 is 1.31 bits per heavy atom. The predicted octanol–water partition coefficient (Wildman–Crippen LogP) is -0.129. The first-order valence-corrected chi connectivity index (χ1v) is 6.28. The average Bonchev–Trinajstić information content (AvgIpc) is 2.31. The summed E-state index contributed by atoms with van der Waals surface area (Å²) < 4.78 is 0. The number of carbonyl (C=O) groups excluding carboxylic acids is 1. The topological polar surface area (TPSA) is 70.4 Å². The van der Waals surface area contributed by atoms with Crippen LogP contribution in [-0.4, -0.2) is 49.2 Å². The van der Waals surface area contributed by atoms with Crippen molar-refractivity contribution in [2.24, 2.45) is 5.73 Å². The van der Waals surface area contributed by atoms with Crippen molar-refractivity contribution >= 4 is 6.03 Å². The van der Waals surface area contributed by atoms with Crippen LogP contribution in [0.4, 0.5) is 4.79 Å². The van der Waals surface area contributed by atoms with Crippen molar-refractivity contribution in [3.8, 4) is 0 Å². The van der Waals surface area contributed by atoms with E-state index in [-0.39, 0.29) is 6.03 Å². The van der Waals surface area contributed by atoms with Crippen molar-refractivity contribution in [1.82, 2.24) is 15.5 Å². The minimum atomic E-state index is -0.237. The number of urea groups is 1. The van der Waals surface area contributed by atoms with Gasteiger partial charge < -0.3 is 21.3 Å². The van der Waals surface area contributed by atoms with Gasteiger partial charge >= 0.3 is 6.03 Å². The van der Waals surface area contributed by atoms with Crippen molar-refractivity contribution < 1.29 is 4.79 Å². The monoisotopic (exact) mass is 226 g/mol. The van der Waals surface area contributed by atoms with Crippen LogP contribution in [0.1, 0.15) is 25.7 Å². The second-order valence-electron chi connectivity index (χ2n) is 4.71. The Morgan fingerprint density at radius 3 is 1.62 bits per heavy atom. The maximum atomic E-state index is 11.6. The Hall–Kier alpha value is -0.810. The van der Waals surface area contributed by atoms with Crippen LogP contribution in [0.3, 0.4) is 0 Å². The van der Waals surface area contributed by atoms with Gasteiger partial charge in [0.2, 0.25) is 0 Å². The largest absolute Gasteiger partial charge is 0.351 e. The highest BCUT2D eigenvalue weighted by molar-refractivity contribution is 5.72. The number of amides is 2. The van der Waals surface area contributed by atoms with E-state index in [2.05, 4.69) is 10.6 Å². The van der Waals surface area contributed by atoms with Gasteiger partial charge in [0, 0.05) is 12.1 Å². The smallest absolute Gasteiger partial charge is 0.315 e. The van der Waals surface area contributed by atoms with Gasteiger partial charge in [-0.15, -0.1) is 0 Å². The Balaban J connectivity index is 1.99. The minimum absolute atomic E-state index is 0.237. The molecule has 4 N–H and O–H groups in total. The third kappa shape index (κ3) is 2.65. The SMILES string of the molecule is NC(=O)N(C1CCNCC1)C1CCNCC1. The van der Waals surface area contributed by atoms with Gasteiger partial charge in [0.05, 0.1) is 0 Å². The zero-order chi connectivity index (χ0) is 11.4. The van der Waals surface area contributed by atoms with E-state index in [1.807, 2.05) is 4.90 Å². The van der Waals surface area contributed by atoms with Crippen LogP contribution in [0.25, 0.3) is 0 Å². The Labute approximate surface area is 96.7 Å². The third-order valence-corrected chi connectivity index (χ3v) is 3.66. The molecule has 2 aliphatic heterocycles. The molecule has 0 atom stereocenters. The van der Waals surface area contributed by atoms with E-state index in [1.54, 1.807) is 0 Å². The molecule has 5 heteroatoms. The van der Waals surface area contributed by atoms with Crippen molar-refractivity contribution in [1.29, 1.82) is 0 Å². The fourth-order valence-electron chi connectivity index (χ4n) is 2.83. The number of piperidine rings is 2. The van der Waals surface area contributed by atoms with Crippen molar-refractivity contribution in [2.75, 3.05) is 26.2 Å². The molecule has 0 saturated carbocycles. The number of nitrogens with two attached hydrogens (primary N) is 1. The number of hydrogen-bond donors (Lipinski definition) is 3. The second kappa shape index (κ2) is 5.50. The molecule has 92 valence electrons. The second-order valence-corrected chi connectivity index (χ2v) is 4.71. The maximum absolute atomic E-state index is 11.6. The first-order chi connectivity index (χ1) is 7.79. The summed E-state index contributed by atoms with van der Waals surface area (Å²) in [5.41, 5.74) is 5.54. The van der Waals surface area contributed by atoms with Crippen LogP contribution >= 0.6 is 0 Å². The number of nitrogens with one attached hydrogen (secondary N) is 2. The molecule has 2 saturated heterocycles. The van der Waals surface area contributed by atoms with Gasteiger partial charge in [-0.3, -0.25) is 0 Å². The zero-order valence-electron chi connectivity index (χ0n) is 9.74. The number of rotatable bonds is 2. The number of nitrogens with zero attached hydrogens (tertiary/aromatic N) is 1. The molecule has 0 aromatic heterocycles. The van der Waals surface area contributed by atoms with Gasteiger partial charge in [0.25, 0.3) is 0 Å². The molecule has 0 aliphatic carbocycles. The lowest BCUT2D eigenvalue weighted by molar-refractivity contribution is 0.117. The summed E-state index contributed by atoms with van der Waals surface area (Å²) in [7, 11) is 0. The van der Waals surface area contributed by atoms with Crippen LogP contribution in [0.2, 0.25) is 0 Å². The van der Waals surface area contributed by atoms with E-state index >= 15 is 0 Å². The quantitative estimate of drug-likeness (QED) is 0.614. The molecule has 5 nitrogen and oxygen atoms in total. The number of carbonyl (C=O) groups is 1. The Morgan fingerprint density at radius 1 is 0.938 bits per heavy atom. The van der Waals surface area contributed by atoms with Crippen LogP contribution in [0, 0.1) is 0 Å². The molecule has 2 amide bonds. The van der Waals surface area contributed by atoms with E-state index in [1.165, 1.54) is 0 Å². The van der Waals surface area contributed by atoms with E-state index < -0.39 is 0 Å². The van der Waals surface area contributed by atoms with Crippen LogP contribution < -0.4 is 16.4 Å². The standard InChI is InChI=1S/C11H22N4O/c12-11(16)15(9-1-5-13-6-2-9)10-3-7-14-8-4-10/h9-10,13-14H,1-8H2,(H2,12,16). The zero-order valence-corrected chi connectivity index (χ0v) is 9.74. The molecule has 16 heavy (non-hydrogen) atoms. The summed E-state index contributed by atoms with van der Waals surface area (Å²) in [4.78, 5) is 13.6. The summed E-state index contributed by atoms with van der Waals surface area (Å²) in [6, 6.07) is 0.461. The van der Waals surface area contributed by atoms with E-state index in [0.717, 1.165) is 51.9 Å². The highest BCUT2D eigenvalue weighted by Gasteiger charge is 2.30. The normalized spacial score (nSPS) is 24.2. The molecular formula is C11H22N4O. The first kappa shape index (κ1) is 11.7. The van der Waals surface area contributed by atoms with Gasteiger partial charge in [0.15, 0.2) is 0 Å². The van der Waals surface area contributed by atoms with Gasteiger partial charge in [-0.05, 0) is 51.9 Å². The lowest BCUT2D eigenvalue weighted by atomic mass is 9.98. The van der Waals surface area contributed by atoms with Gasteiger partial charge in [0.1, 0.15) is 0 Å². The third-order valence-electron chi connectivity index (χ3n) is 3.66. The van der Waals surface area contributed by atoms with E-state index in [9.17, 15) is 4.79 Å². The number of hydrogen-bond acceptors (Lipinski definition) is 3. The Kier molecular flexibility index (Phi) is 4.01. The van der Waals surface area contributed by atoms with Gasteiger partial charge in [-0.1, -0.05) is 0 Å². The summed E-state index contributed by atoms with van der Waals surface area (Å²) in [6.07, 6.45) is 4.14. The number of primary amides is 1. The highest BCUT2D eigenvalue weighted by atomic mass is 16.2. The lowest BCUT2D eigenvalue weighted by Crippen LogP contribution is -2.55. The molecule has 0 bridgehead atoms. The molecular weight excluding hydrogens is 204 g/mol. The fourth-order valence-corrected chi connectivity index (χ4v) is 2.83. The van der Waals surface area contributed by atoms with Crippen molar-refractivity contribution in [3.63, 3.8) is 0 Å². The maximum Gasteiger partial charge on any atom is 0.315 e. The molecule has 0 radical (unpaired) electrons. The molecule has 2 heterocycles. The van der Waals surface area contributed by atoms with Gasteiger partial charge in [-0.2, -0.15) is 0 Å². The van der Waals surface area contributed by atoms with Crippen molar-refractivity contribution in [2.45, 2.75) is 37.8 Å². The van der Waals surface area contributed by atoms with E-state index in [4.69, 9.17) is 5.73 Å². The van der Waals surface area contributed by atoms with Crippen LogP contribution in [0.15, 0.2) is 0 Å². The van der Waals surface area contributed by atoms with Crippen LogP contribution in [-0.2, 0) is 0 Å².